The quantitative estimate of drug-likeness (QED) is 0.00554. The molecule has 3 aromatic carbocycles. The fraction of sp³-hybridized carbons (Fsp3) is 0.500. The van der Waals surface area contributed by atoms with E-state index >= 15 is 0 Å². The minimum atomic E-state index is -3.64. The molecule has 6 heterocycles. The van der Waals surface area contributed by atoms with E-state index in [2.05, 4.69) is 95.8 Å². The number of carbonyl (C=O) groups excluding carboxylic acids is 4. The number of ether oxygens (including phenoxy) is 7. The van der Waals surface area contributed by atoms with Crippen LogP contribution in [0.4, 0.5) is 35.3 Å². The zero-order valence-electron chi connectivity index (χ0n) is 78.8. The summed E-state index contributed by atoms with van der Waals surface area (Å²) in [6.07, 6.45) is 16.8. The van der Waals surface area contributed by atoms with Crippen molar-refractivity contribution in [3.63, 3.8) is 0 Å². The smallest absolute Gasteiger partial charge is 0.342 e. The van der Waals surface area contributed by atoms with Crippen molar-refractivity contribution >= 4 is 165 Å². The van der Waals surface area contributed by atoms with E-state index in [1.807, 2.05) is 66.7 Å². The molecule has 20 N–H and O–H groups in total. The third-order valence-corrected chi connectivity index (χ3v) is 22.6. The Hall–Kier alpha value is -9.94. The highest BCUT2D eigenvalue weighted by Gasteiger charge is 2.36. The minimum Gasteiger partial charge on any atom is -0.465 e. The van der Waals surface area contributed by atoms with Crippen LogP contribution in [0, 0.1) is 0 Å². The standard InChI is InChI=1S/C24H32N7O5P.C24H34N7O5P.C22H30N7O5P.C7H13NO2.3C3H9N.4ClH/c1-3-12-26-21-20-22(29-24(25)28-21)31(15-27-20)13-14-34-16-37(33,36-19-8-5-4-6-9-19)30-17(2)23(32)35-18-10-7-11-18;1-4-6-14-35-23(32)18(3)30-37(33,36-19-10-8-7-9-11-19)17-34-15-13-31-16-27-20-21(26-12-5-2)28-24(25)29-22(20)31;1-4-11-24-19-18-20(27-22(23)26-19)29(14-25-18)12-13-32-15-35(31,28-16(3)21(30)33-5-2)34-17-9-7-6-8-10-17;1-5(8)7(9)10-6-3-2-4-6;3*1-3(2)4;;;;/h3-6,8-9,15,17-18H,1,7,10-14,16H2,2H3,(H,30,33)(H3,25,26,28,29);5,7-11,16,18H,2,4,6,12-15,17H2,1,3H3,(H,30,33)(H3,25,26,28,29);4,6-10,14,16H,1,5,11-13,15H2,2-3H3,(H,28,31)(H3,23,24,26,27);5-6H,2-4,8H2,1H3;3*3H,4H2,1-2H3;4*1H/t17-,37?;18-,37?;16-,35?;5-;;;;;;;/m0000......./s1. The number of esters is 4. The Morgan fingerprint density at radius 1 is 0.430 bits per heavy atom. The second-order valence-corrected chi connectivity index (χ2v) is 36.9. The van der Waals surface area contributed by atoms with Crippen LogP contribution in [0.25, 0.3) is 33.5 Å². The second kappa shape index (κ2) is 65.7. The molecule has 2 fully saturated rings. The van der Waals surface area contributed by atoms with Gasteiger partial charge in [-0.05, 0) is 134 Å². The van der Waals surface area contributed by atoms with Crippen LogP contribution < -0.4 is 84.9 Å². The number of nitrogens with zero attached hydrogens (tertiary/aromatic N) is 12. The molecule has 49 heteroatoms. The summed E-state index contributed by atoms with van der Waals surface area (Å²) in [5, 5.41) is 17.6. The highest BCUT2D eigenvalue weighted by atomic mass is 35.5. The number of benzene rings is 3. The van der Waals surface area contributed by atoms with E-state index in [0.717, 1.165) is 44.9 Å². The molecule has 0 spiro atoms. The van der Waals surface area contributed by atoms with Crippen LogP contribution in [-0.4, -0.2) is 209 Å². The second-order valence-electron chi connectivity index (χ2n) is 30.8. The summed E-state index contributed by atoms with van der Waals surface area (Å²) in [7, 11) is -10.9. The monoisotopic (exact) mass is 2030 g/mol. The van der Waals surface area contributed by atoms with Crippen molar-refractivity contribution in [2.45, 2.75) is 209 Å². The number of fused-ring (bicyclic) bond motifs is 3. The summed E-state index contributed by atoms with van der Waals surface area (Å²) >= 11 is 0. The lowest BCUT2D eigenvalue weighted by Crippen LogP contribution is -2.38. The number of rotatable bonds is 46. The molecule has 0 aliphatic heterocycles. The fourth-order valence-electron chi connectivity index (χ4n) is 10.8. The summed E-state index contributed by atoms with van der Waals surface area (Å²) < 4.78 is 101. The van der Waals surface area contributed by atoms with Gasteiger partial charge in [-0.15, -0.1) is 69.4 Å². The Bertz CT molecular complexity index is 5070. The number of carbonyl (C=O) groups is 4. The number of nitrogens with one attached hydrogen (secondary N) is 6. The van der Waals surface area contributed by atoms with Gasteiger partial charge in [0.15, 0.2) is 50.9 Å². The lowest BCUT2D eigenvalue weighted by Gasteiger charge is -2.28. The molecule has 2 aliphatic rings. The van der Waals surface area contributed by atoms with Gasteiger partial charge in [0, 0.05) is 39.3 Å². The number of para-hydroxylation sites is 3. The molecule has 135 heavy (non-hydrogen) atoms. The van der Waals surface area contributed by atoms with E-state index in [1.165, 1.54) is 6.42 Å². The predicted octanol–water partition coefficient (Wildman–Crippen LogP) is 12.9. The number of nitrogen functional groups attached to an aromatic ring is 3. The molecule has 3 unspecified atom stereocenters. The largest absolute Gasteiger partial charge is 0.465 e. The Morgan fingerprint density at radius 3 is 0.970 bits per heavy atom. The lowest BCUT2D eigenvalue weighted by atomic mass is 9.96. The van der Waals surface area contributed by atoms with Crippen molar-refractivity contribution in [2.75, 3.05) is 105 Å². The van der Waals surface area contributed by atoms with Crippen molar-refractivity contribution in [3.05, 3.63) is 148 Å². The number of anilines is 6. The van der Waals surface area contributed by atoms with Crippen LogP contribution in [0.5, 0.6) is 17.2 Å². The minimum absolute atomic E-state index is 0. The molecule has 0 saturated heterocycles. The molecule has 2 aliphatic carbocycles. The number of halogens is 4. The summed E-state index contributed by atoms with van der Waals surface area (Å²) in [4.78, 5) is 86.1. The molecule has 2 saturated carbocycles. The summed E-state index contributed by atoms with van der Waals surface area (Å²) in [5.74, 6) is 1.22. The molecular formula is C86H140Cl4N25O17P3. The highest BCUT2D eigenvalue weighted by molar-refractivity contribution is 7.57. The SMILES string of the molecule is C=CCNc1nc(N)nc2c1ncn2CCOCP(=O)(N[C@@H](C)C(=O)OC1CCC1)Oc1ccccc1.C=CCNc1nc(N)nc2c1ncn2CCOCP(=O)(N[C@@H](C)C(=O)OCC)Oc1ccccc1.C=CCNc1nc(N)nc2c1ncn2CCOCP(=O)(N[C@@H](C)C(=O)OCCCC)Oc1ccccc1.CC(C)N.CC(C)N.CC(C)N.C[C@H](N)C(=O)OC1CCC1.Cl.Cl.Cl.Cl. The van der Waals surface area contributed by atoms with Crippen molar-refractivity contribution in [3.8, 4) is 17.2 Å². The van der Waals surface area contributed by atoms with E-state index in [1.54, 1.807) is 158 Å². The third kappa shape index (κ3) is 46.6. The van der Waals surface area contributed by atoms with E-state index in [-0.39, 0.29) is 131 Å². The third-order valence-electron chi connectivity index (χ3n) is 17.2. The topological polar surface area (TPSA) is 597 Å². The lowest BCUT2D eigenvalue weighted by molar-refractivity contribution is -0.155. The van der Waals surface area contributed by atoms with Crippen LogP contribution in [0.1, 0.15) is 134 Å². The summed E-state index contributed by atoms with van der Waals surface area (Å²) in [5.41, 5.74) is 41.5. The van der Waals surface area contributed by atoms with Crippen molar-refractivity contribution < 1.29 is 79.6 Å². The number of hydrogen-bond acceptors (Lipinski definition) is 36. The molecule has 754 valence electrons. The number of unbranched alkanes of at least 4 members (excludes halogenated alkanes) is 1. The van der Waals surface area contributed by atoms with Gasteiger partial charge < -0.3 is 117 Å². The first-order valence-electron chi connectivity index (χ1n) is 43.3. The molecule has 42 nitrogen and oxygen atoms in total. The molecule has 7 atom stereocenters. The first kappa shape index (κ1) is 123. The van der Waals surface area contributed by atoms with Gasteiger partial charge in [-0.25, -0.2) is 30.2 Å². The molecule has 0 amide bonds. The Balaban J connectivity index is 0.000000894. The van der Waals surface area contributed by atoms with Gasteiger partial charge in [0.25, 0.3) is 0 Å². The molecule has 6 aromatic heterocycles. The van der Waals surface area contributed by atoms with E-state index in [4.69, 9.17) is 86.9 Å². The molecular weight excluding hydrogens is 1890 g/mol. The van der Waals surface area contributed by atoms with Gasteiger partial charge in [-0.1, -0.05) is 128 Å². The van der Waals surface area contributed by atoms with E-state index in [9.17, 15) is 32.9 Å². The summed E-state index contributed by atoms with van der Waals surface area (Å²) in [6.45, 7) is 36.4. The Morgan fingerprint density at radius 2 is 0.711 bits per heavy atom. The van der Waals surface area contributed by atoms with E-state index in [0.29, 0.717) is 132 Å². The maximum atomic E-state index is 13.7. The van der Waals surface area contributed by atoms with Crippen LogP contribution in [0.3, 0.4) is 0 Å². The van der Waals surface area contributed by atoms with Gasteiger partial charge in [0.05, 0.1) is 52.0 Å². The zero-order chi connectivity index (χ0) is 96.5. The fourth-order valence-corrected chi connectivity index (χ4v) is 15.9. The maximum Gasteiger partial charge on any atom is 0.342 e. The van der Waals surface area contributed by atoms with Crippen LogP contribution >= 0.6 is 72.2 Å². The van der Waals surface area contributed by atoms with E-state index < -0.39 is 64.6 Å². The van der Waals surface area contributed by atoms with Gasteiger partial charge in [-0.2, -0.15) is 29.9 Å². The predicted molar refractivity (Wildman–Crippen MR) is 540 cm³/mol. The van der Waals surface area contributed by atoms with Gasteiger partial charge in [0.1, 0.15) is 72.7 Å². The van der Waals surface area contributed by atoms with Crippen molar-refractivity contribution in [2.24, 2.45) is 22.9 Å². The number of nitrogens with two attached hydrogens (primary N) is 7. The normalized spacial score (nSPS) is 14.0. The van der Waals surface area contributed by atoms with Crippen LogP contribution in [-0.2, 0) is 85.7 Å². The zero-order valence-corrected chi connectivity index (χ0v) is 84.8. The molecule has 9 aromatic rings. The molecule has 0 radical (unpaired) electrons. The van der Waals surface area contributed by atoms with Crippen LogP contribution in [0.2, 0.25) is 0 Å². The van der Waals surface area contributed by atoms with Crippen LogP contribution in [0.15, 0.2) is 148 Å². The average molecular weight is 2030 g/mol. The Labute approximate surface area is 815 Å². The van der Waals surface area contributed by atoms with Gasteiger partial charge in [0.2, 0.25) is 17.8 Å². The number of hydrogen-bond donors (Lipinski definition) is 13. The van der Waals surface area contributed by atoms with Crippen molar-refractivity contribution in [1.29, 1.82) is 0 Å². The molecule has 11 rings (SSSR count). The molecule has 0 bridgehead atoms. The van der Waals surface area contributed by atoms with Crippen molar-refractivity contribution in [1.82, 2.24) is 73.8 Å². The van der Waals surface area contributed by atoms with Gasteiger partial charge in [-0.3, -0.25) is 32.9 Å². The Kier molecular flexibility index (Phi) is 59.9. The number of aromatic nitrogens is 12. The average Bonchev–Trinajstić information content (AvgIpc) is 1.68. The first-order chi connectivity index (χ1) is 62.5. The highest BCUT2D eigenvalue weighted by Crippen LogP contribution is 2.46. The maximum absolute atomic E-state index is 13.7. The van der Waals surface area contributed by atoms with Gasteiger partial charge >= 0.3 is 46.4 Å². The summed E-state index contributed by atoms with van der Waals surface area (Å²) in [6, 6.07) is 24.1. The first-order valence-corrected chi connectivity index (χ1v) is 48.7. The number of imidazole rings is 3.